The molecule has 0 aliphatic rings. The van der Waals surface area contributed by atoms with Gasteiger partial charge in [0.25, 0.3) is 0 Å². The SMILES string of the molecule is COc1ccc(C(Br)CCC(F)(F)F)c2ccccc12. The zero-order chi connectivity index (χ0) is 14.8. The van der Waals surface area contributed by atoms with Crippen molar-refractivity contribution in [3.8, 4) is 5.75 Å². The third-order valence-corrected chi connectivity index (χ3v) is 4.11. The third-order valence-electron chi connectivity index (χ3n) is 3.16. The molecule has 0 bridgehead atoms. The van der Waals surface area contributed by atoms with Crippen molar-refractivity contribution in [2.45, 2.75) is 23.8 Å². The van der Waals surface area contributed by atoms with Crippen LogP contribution in [0.5, 0.6) is 5.75 Å². The number of methoxy groups -OCH3 is 1. The smallest absolute Gasteiger partial charge is 0.389 e. The zero-order valence-corrected chi connectivity index (χ0v) is 12.5. The van der Waals surface area contributed by atoms with Crippen molar-refractivity contribution in [2.24, 2.45) is 0 Å². The Morgan fingerprint density at radius 2 is 1.75 bits per heavy atom. The van der Waals surface area contributed by atoms with Gasteiger partial charge in [0.05, 0.1) is 7.11 Å². The number of ether oxygens (including phenoxy) is 1. The van der Waals surface area contributed by atoms with Gasteiger partial charge in [-0.2, -0.15) is 13.2 Å². The Bertz CT molecular complexity index is 595. The Morgan fingerprint density at radius 1 is 1.10 bits per heavy atom. The van der Waals surface area contributed by atoms with Gasteiger partial charge in [0.1, 0.15) is 5.75 Å². The highest BCUT2D eigenvalue weighted by molar-refractivity contribution is 9.09. The molecule has 2 aromatic carbocycles. The van der Waals surface area contributed by atoms with Crippen LogP contribution in [0.4, 0.5) is 13.2 Å². The minimum atomic E-state index is -4.13. The van der Waals surface area contributed by atoms with Crippen LogP contribution in [0.15, 0.2) is 36.4 Å². The number of halogens is 4. The molecule has 0 saturated carbocycles. The first-order valence-corrected chi connectivity index (χ1v) is 7.10. The first kappa shape index (κ1) is 15.2. The summed E-state index contributed by atoms with van der Waals surface area (Å²) in [6, 6.07) is 11.2. The summed E-state index contributed by atoms with van der Waals surface area (Å²) in [4.78, 5) is -0.333. The van der Waals surface area contributed by atoms with Gasteiger partial charge in [-0.05, 0) is 23.4 Å². The average molecular weight is 347 g/mol. The van der Waals surface area contributed by atoms with Gasteiger partial charge < -0.3 is 4.74 Å². The highest BCUT2D eigenvalue weighted by atomic mass is 79.9. The van der Waals surface area contributed by atoms with Gasteiger partial charge in [0.15, 0.2) is 0 Å². The Kier molecular flexibility index (Phi) is 4.58. The summed E-state index contributed by atoms with van der Waals surface area (Å²) in [7, 11) is 1.58. The van der Waals surface area contributed by atoms with Gasteiger partial charge >= 0.3 is 6.18 Å². The van der Waals surface area contributed by atoms with E-state index in [-0.39, 0.29) is 11.2 Å². The van der Waals surface area contributed by atoms with Crippen molar-refractivity contribution in [2.75, 3.05) is 7.11 Å². The molecule has 0 radical (unpaired) electrons. The van der Waals surface area contributed by atoms with E-state index in [1.54, 1.807) is 13.2 Å². The van der Waals surface area contributed by atoms with Crippen LogP contribution in [0.2, 0.25) is 0 Å². The second-order valence-electron chi connectivity index (χ2n) is 4.52. The predicted octanol–water partition coefficient (Wildman–Crippen LogP) is 5.63. The number of rotatable bonds is 4. The van der Waals surface area contributed by atoms with E-state index in [0.717, 1.165) is 22.1 Å². The highest BCUT2D eigenvalue weighted by Crippen LogP contribution is 2.38. The maximum absolute atomic E-state index is 12.3. The van der Waals surface area contributed by atoms with Crippen molar-refractivity contribution < 1.29 is 17.9 Å². The molecule has 5 heteroatoms. The standard InChI is InChI=1S/C15H14BrF3O/c1-20-14-7-6-11(10-4-2-3-5-12(10)14)13(16)8-9-15(17,18)19/h2-7,13H,8-9H2,1H3. The topological polar surface area (TPSA) is 9.23 Å². The molecule has 108 valence electrons. The van der Waals surface area contributed by atoms with Gasteiger partial charge in [-0.25, -0.2) is 0 Å². The first-order valence-electron chi connectivity index (χ1n) is 6.19. The lowest BCUT2D eigenvalue weighted by Crippen LogP contribution is -2.08. The van der Waals surface area contributed by atoms with Crippen molar-refractivity contribution in [3.05, 3.63) is 42.0 Å². The van der Waals surface area contributed by atoms with E-state index < -0.39 is 12.6 Å². The molecular formula is C15H14BrF3O. The lowest BCUT2D eigenvalue weighted by atomic mass is 9.99. The molecule has 1 nitrogen and oxygen atoms in total. The fraction of sp³-hybridized carbons (Fsp3) is 0.333. The maximum Gasteiger partial charge on any atom is 0.389 e. The van der Waals surface area contributed by atoms with Gasteiger partial charge in [0, 0.05) is 16.6 Å². The van der Waals surface area contributed by atoms with Crippen LogP contribution in [0.25, 0.3) is 10.8 Å². The second kappa shape index (κ2) is 6.04. The van der Waals surface area contributed by atoms with Crippen LogP contribution in [0.1, 0.15) is 23.2 Å². The van der Waals surface area contributed by atoms with Crippen molar-refractivity contribution in [1.82, 2.24) is 0 Å². The lowest BCUT2D eigenvalue weighted by Gasteiger charge is -2.16. The third kappa shape index (κ3) is 3.45. The second-order valence-corrected chi connectivity index (χ2v) is 5.63. The van der Waals surface area contributed by atoms with Crippen LogP contribution < -0.4 is 4.74 Å². The lowest BCUT2D eigenvalue weighted by molar-refractivity contribution is -0.135. The van der Waals surface area contributed by atoms with E-state index in [9.17, 15) is 13.2 Å². The van der Waals surface area contributed by atoms with Crippen molar-refractivity contribution in [3.63, 3.8) is 0 Å². The quantitative estimate of drug-likeness (QED) is 0.652. The molecule has 0 aromatic heterocycles. The van der Waals surface area contributed by atoms with Crippen LogP contribution in [0, 0.1) is 0 Å². The van der Waals surface area contributed by atoms with Crippen molar-refractivity contribution >= 4 is 26.7 Å². The van der Waals surface area contributed by atoms with E-state index >= 15 is 0 Å². The molecule has 0 saturated heterocycles. The molecule has 1 unspecified atom stereocenters. The summed E-state index contributed by atoms with van der Waals surface area (Å²) in [6.07, 6.45) is -4.92. The number of hydrogen-bond acceptors (Lipinski definition) is 1. The molecule has 0 fully saturated rings. The molecule has 2 aromatic rings. The van der Waals surface area contributed by atoms with Crippen molar-refractivity contribution in [1.29, 1.82) is 0 Å². The Morgan fingerprint density at radius 3 is 2.35 bits per heavy atom. The normalized spacial score (nSPS) is 13.4. The predicted molar refractivity (Wildman–Crippen MR) is 77.5 cm³/mol. The fourth-order valence-corrected chi connectivity index (χ4v) is 2.82. The summed E-state index contributed by atoms with van der Waals surface area (Å²) in [5.74, 6) is 0.722. The summed E-state index contributed by atoms with van der Waals surface area (Å²) < 4.78 is 42.3. The summed E-state index contributed by atoms with van der Waals surface area (Å²) >= 11 is 3.37. The number of hydrogen-bond donors (Lipinski definition) is 0. The molecule has 0 amide bonds. The number of alkyl halides is 4. The first-order chi connectivity index (χ1) is 9.42. The molecule has 0 N–H and O–H groups in total. The van der Waals surface area contributed by atoms with Crippen LogP contribution in [-0.2, 0) is 0 Å². The molecule has 0 heterocycles. The van der Waals surface area contributed by atoms with Gasteiger partial charge in [-0.1, -0.05) is 46.3 Å². The summed E-state index contributed by atoms with van der Waals surface area (Å²) in [5, 5.41) is 1.82. The molecule has 0 aliphatic heterocycles. The van der Waals surface area contributed by atoms with E-state index in [1.165, 1.54) is 0 Å². The molecule has 2 rings (SSSR count). The van der Waals surface area contributed by atoms with Crippen LogP contribution >= 0.6 is 15.9 Å². The van der Waals surface area contributed by atoms with E-state index in [0.29, 0.717) is 0 Å². The molecular weight excluding hydrogens is 333 g/mol. The largest absolute Gasteiger partial charge is 0.496 e. The maximum atomic E-state index is 12.3. The minimum absolute atomic E-state index is 0.0137. The van der Waals surface area contributed by atoms with E-state index in [2.05, 4.69) is 15.9 Å². The fourth-order valence-electron chi connectivity index (χ4n) is 2.19. The number of fused-ring (bicyclic) bond motifs is 1. The highest BCUT2D eigenvalue weighted by Gasteiger charge is 2.28. The minimum Gasteiger partial charge on any atom is -0.496 e. The van der Waals surface area contributed by atoms with E-state index in [4.69, 9.17) is 4.74 Å². The number of benzene rings is 2. The zero-order valence-electron chi connectivity index (χ0n) is 10.9. The summed E-state index contributed by atoms with van der Waals surface area (Å²) in [6.45, 7) is 0. The Balaban J connectivity index is 2.35. The Labute approximate surface area is 123 Å². The molecule has 0 aliphatic carbocycles. The summed E-state index contributed by atoms with van der Waals surface area (Å²) in [5.41, 5.74) is 0.852. The van der Waals surface area contributed by atoms with Gasteiger partial charge in [-0.3, -0.25) is 0 Å². The average Bonchev–Trinajstić information content (AvgIpc) is 2.42. The van der Waals surface area contributed by atoms with Crippen LogP contribution in [0.3, 0.4) is 0 Å². The Hall–Kier alpha value is -1.23. The van der Waals surface area contributed by atoms with Gasteiger partial charge in [0.2, 0.25) is 0 Å². The molecule has 0 spiro atoms. The van der Waals surface area contributed by atoms with Gasteiger partial charge in [-0.15, -0.1) is 0 Å². The van der Waals surface area contributed by atoms with Crippen LogP contribution in [-0.4, -0.2) is 13.3 Å². The molecule has 1 atom stereocenters. The molecule has 20 heavy (non-hydrogen) atoms. The van der Waals surface area contributed by atoms with E-state index in [1.807, 2.05) is 30.3 Å². The monoisotopic (exact) mass is 346 g/mol.